The van der Waals surface area contributed by atoms with Crippen LogP contribution in [0.5, 0.6) is 0 Å². The van der Waals surface area contributed by atoms with Crippen LogP contribution in [-0.4, -0.2) is 24.3 Å². The second-order valence-electron chi connectivity index (χ2n) is 4.82. The van der Waals surface area contributed by atoms with Crippen LogP contribution < -0.4 is 0 Å². The molecule has 0 bridgehead atoms. The lowest BCUT2D eigenvalue weighted by molar-refractivity contribution is 0.0943. The number of halogens is 3. The van der Waals surface area contributed by atoms with Gasteiger partial charge in [-0.25, -0.2) is 0 Å². The van der Waals surface area contributed by atoms with Crippen LogP contribution in [0, 0.1) is 0 Å². The van der Waals surface area contributed by atoms with Crippen LogP contribution in [0.2, 0.25) is 10.0 Å². The Kier molecular flexibility index (Phi) is 5.82. The average molecular weight is 387 g/mol. The highest BCUT2D eigenvalue weighted by molar-refractivity contribution is 9.10. The minimum Gasteiger partial charge on any atom is -0.295 e. The quantitative estimate of drug-likeness (QED) is 0.668. The molecule has 0 amide bonds. The SMILES string of the molecule is CN(CC(=O)c1ccc(Cl)c(Cl)c1)Cc1ccccc1Br. The van der Waals surface area contributed by atoms with E-state index in [2.05, 4.69) is 15.9 Å². The second-order valence-corrected chi connectivity index (χ2v) is 6.48. The van der Waals surface area contributed by atoms with E-state index >= 15 is 0 Å². The predicted octanol–water partition coefficient (Wildman–Crippen LogP) is 5.07. The van der Waals surface area contributed by atoms with E-state index in [1.54, 1.807) is 18.2 Å². The molecule has 0 atom stereocenters. The lowest BCUT2D eigenvalue weighted by Crippen LogP contribution is -2.25. The maximum Gasteiger partial charge on any atom is 0.176 e. The molecule has 2 nitrogen and oxygen atoms in total. The van der Waals surface area contributed by atoms with E-state index in [0.29, 0.717) is 28.7 Å². The van der Waals surface area contributed by atoms with Crippen molar-refractivity contribution in [2.24, 2.45) is 0 Å². The Labute approximate surface area is 142 Å². The molecule has 0 unspecified atom stereocenters. The van der Waals surface area contributed by atoms with Gasteiger partial charge in [-0.2, -0.15) is 0 Å². The number of Topliss-reactive ketones (excluding diaryl/α,β-unsaturated/α-hetero) is 1. The van der Waals surface area contributed by atoms with Gasteiger partial charge in [-0.15, -0.1) is 0 Å². The first-order valence-electron chi connectivity index (χ1n) is 6.37. The Bertz CT molecular complexity index is 660. The van der Waals surface area contributed by atoms with Crippen molar-refractivity contribution in [2.45, 2.75) is 6.54 Å². The molecule has 0 spiro atoms. The summed E-state index contributed by atoms with van der Waals surface area (Å²) in [5, 5.41) is 0.853. The van der Waals surface area contributed by atoms with Crippen molar-refractivity contribution in [3.05, 3.63) is 68.1 Å². The van der Waals surface area contributed by atoms with E-state index in [4.69, 9.17) is 23.2 Å². The fourth-order valence-electron chi connectivity index (χ4n) is 1.98. The van der Waals surface area contributed by atoms with Crippen LogP contribution in [0.3, 0.4) is 0 Å². The monoisotopic (exact) mass is 385 g/mol. The van der Waals surface area contributed by atoms with Gasteiger partial charge in [0.15, 0.2) is 5.78 Å². The van der Waals surface area contributed by atoms with Gasteiger partial charge in [0, 0.05) is 16.6 Å². The molecule has 0 fully saturated rings. The molecule has 0 N–H and O–H groups in total. The number of likely N-dealkylation sites (N-methyl/N-ethyl adjacent to an activating group) is 1. The Balaban J connectivity index is 2.02. The second kappa shape index (κ2) is 7.41. The largest absolute Gasteiger partial charge is 0.295 e. The molecule has 2 aromatic carbocycles. The molecular weight excluding hydrogens is 373 g/mol. The summed E-state index contributed by atoms with van der Waals surface area (Å²) in [7, 11) is 1.91. The maximum absolute atomic E-state index is 12.2. The van der Waals surface area contributed by atoms with Crippen LogP contribution in [0.1, 0.15) is 15.9 Å². The van der Waals surface area contributed by atoms with E-state index in [-0.39, 0.29) is 5.78 Å². The van der Waals surface area contributed by atoms with Crippen LogP contribution in [0.15, 0.2) is 46.9 Å². The lowest BCUT2D eigenvalue weighted by atomic mass is 10.1. The Hall–Kier alpha value is -0.870. The Morgan fingerprint density at radius 2 is 1.86 bits per heavy atom. The van der Waals surface area contributed by atoms with Gasteiger partial charge in [0.05, 0.1) is 16.6 Å². The first-order valence-corrected chi connectivity index (χ1v) is 7.92. The van der Waals surface area contributed by atoms with Crippen LogP contribution in [0.25, 0.3) is 0 Å². The van der Waals surface area contributed by atoms with Crippen molar-refractivity contribution in [1.29, 1.82) is 0 Å². The number of nitrogens with zero attached hydrogens (tertiary/aromatic N) is 1. The zero-order chi connectivity index (χ0) is 15.4. The van der Waals surface area contributed by atoms with Gasteiger partial charge in [-0.1, -0.05) is 57.3 Å². The van der Waals surface area contributed by atoms with Crippen LogP contribution >= 0.6 is 39.1 Å². The van der Waals surface area contributed by atoms with Gasteiger partial charge >= 0.3 is 0 Å². The highest BCUT2D eigenvalue weighted by Gasteiger charge is 2.12. The molecule has 0 radical (unpaired) electrons. The summed E-state index contributed by atoms with van der Waals surface area (Å²) < 4.78 is 1.04. The molecule has 110 valence electrons. The third kappa shape index (κ3) is 4.55. The van der Waals surface area contributed by atoms with Gasteiger partial charge in [0.2, 0.25) is 0 Å². The standard InChI is InChI=1S/C16H14BrCl2NO/c1-20(9-12-4-2-3-5-13(12)17)10-16(21)11-6-7-14(18)15(19)8-11/h2-8H,9-10H2,1H3. The molecule has 0 heterocycles. The number of hydrogen-bond acceptors (Lipinski definition) is 2. The van der Waals surface area contributed by atoms with Gasteiger partial charge in [-0.05, 0) is 36.9 Å². The van der Waals surface area contributed by atoms with E-state index in [1.807, 2.05) is 36.2 Å². The molecule has 0 aromatic heterocycles. The third-order valence-corrected chi connectivity index (χ3v) is 4.57. The number of ketones is 1. The molecular formula is C16H14BrCl2NO. The lowest BCUT2D eigenvalue weighted by Gasteiger charge is -2.17. The van der Waals surface area contributed by atoms with Crippen molar-refractivity contribution in [3.8, 4) is 0 Å². The summed E-state index contributed by atoms with van der Waals surface area (Å²) in [5.41, 5.74) is 1.71. The number of carbonyl (C=O) groups excluding carboxylic acids is 1. The van der Waals surface area contributed by atoms with Crippen molar-refractivity contribution in [3.63, 3.8) is 0 Å². The zero-order valence-electron chi connectivity index (χ0n) is 11.4. The summed E-state index contributed by atoms with van der Waals surface area (Å²) in [6.07, 6.45) is 0. The summed E-state index contributed by atoms with van der Waals surface area (Å²) >= 11 is 15.3. The third-order valence-electron chi connectivity index (χ3n) is 3.05. The molecule has 2 aromatic rings. The smallest absolute Gasteiger partial charge is 0.176 e. The molecule has 0 aliphatic heterocycles. The van der Waals surface area contributed by atoms with E-state index in [1.165, 1.54) is 0 Å². The first-order chi connectivity index (χ1) is 9.97. The topological polar surface area (TPSA) is 20.3 Å². The van der Waals surface area contributed by atoms with E-state index in [9.17, 15) is 4.79 Å². The molecule has 0 saturated heterocycles. The fourth-order valence-corrected chi connectivity index (χ4v) is 2.69. The molecule has 5 heteroatoms. The van der Waals surface area contributed by atoms with Crippen molar-refractivity contribution in [1.82, 2.24) is 4.90 Å². The molecule has 21 heavy (non-hydrogen) atoms. The minimum atomic E-state index is 0.0168. The summed E-state index contributed by atoms with van der Waals surface area (Å²) in [4.78, 5) is 14.2. The Morgan fingerprint density at radius 3 is 2.52 bits per heavy atom. The normalized spacial score (nSPS) is 10.9. The number of hydrogen-bond donors (Lipinski definition) is 0. The average Bonchev–Trinajstić information content (AvgIpc) is 2.44. The zero-order valence-corrected chi connectivity index (χ0v) is 14.5. The van der Waals surface area contributed by atoms with Gasteiger partial charge in [0.25, 0.3) is 0 Å². The van der Waals surface area contributed by atoms with Crippen molar-refractivity contribution >= 4 is 44.9 Å². The van der Waals surface area contributed by atoms with Gasteiger partial charge < -0.3 is 0 Å². The summed E-state index contributed by atoms with van der Waals surface area (Å²) in [6.45, 7) is 1.01. The van der Waals surface area contributed by atoms with Crippen molar-refractivity contribution in [2.75, 3.05) is 13.6 Å². The molecule has 2 rings (SSSR count). The predicted molar refractivity (Wildman–Crippen MR) is 91.3 cm³/mol. The summed E-state index contributed by atoms with van der Waals surface area (Å²) in [6, 6.07) is 12.9. The molecule has 0 aliphatic rings. The van der Waals surface area contributed by atoms with Crippen molar-refractivity contribution < 1.29 is 4.79 Å². The minimum absolute atomic E-state index is 0.0168. The first kappa shape index (κ1) is 16.5. The number of rotatable bonds is 5. The maximum atomic E-state index is 12.2. The number of carbonyl (C=O) groups is 1. The van der Waals surface area contributed by atoms with E-state index in [0.717, 1.165) is 10.0 Å². The summed E-state index contributed by atoms with van der Waals surface area (Å²) in [5.74, 6) is 0.0168. The highest BCUT2D eigenvalue weighted by atomic mass is 79.9. The van der Waals surface area contributed by atoms with Gasteiger partial charge in [0.1, 0.15) is 0 Å². The van der Waals surface area contributed by atoms with Crippen LogP contribution in [0.4, 0.5) is 0 Å². The van der Waals surface area contributed by atoms with Gasteiger partial charge in [-0.3, -0.25) is 9.69 Å². The van der Waals surface area contributed by atoms with E-state index < -0.39 is 0 Å². The molecule has 0 aliphatic carbocycles. The van der Waals surface area contributed by atoms with Crippen LogP contribution in [-0.2, 0) is 6.54 Å². The fraction of sp³-hybridized carbons (Fsp3) is 0.188. The highest BCUT2D eigenvalue weighted by Crippen LogP contribution is 2.23. The number of benzene rings is 2. The molecule has 0 saturated carbocycles. The Morgan fingerprint density at radius 1 is 1.14 bits per heavy atom.